The van der Waals surface area contributed by atoms with Crippen LogP contribution in [0.3, 0.4) is 0 Å². The second kappa shape index (κ2) is 7.20. The third kappa shape index (κ3) is 3.41. The minimum absolute atomic E-state index is 0.201. The number of anilines is 1. The van der Waals surface area contributed by atoms with Crippen molar-refractivity contribution in [2.45, 2.75) is 6.54 Å². The fourth-order valence-corrected chi connectivity index (χ4v) is 3.74. The first-order valence-corrected chi connectivity index (χ1v) is 9.00. The van der Waals surface area contributed by atoms with Crippen LogP contribution in [0.2, 0.25) is 0 Å². The molecule has 0 bridgehead atoms. The second-order valence-corrected chi connectivity index (χ2v) is 6.79. The van der Waals surface area contributed by atoms with Gasteiger partial charge in [0, 0.05) is 0 Å². The summed E-state index contributed by atoms with van der Waals surface area (Å²) in [7, 11) is 1.52. The molecular weight excluding hydrogens is 367 g/mol. The van der Waals surface area contributed by atoms with E-state index >= 15 is 0 Å². The van der Waals surface area contributed by atoms with E-state index in [-0.39, 0.29) is 18.3 Å². The molecule has 0 unspecified atom stereocenters. The van der Waals surface area contributed by atoms with Crippen LogP contribution in [0, 0.1) is 5.82 Å². The number of furan rings is 1. The molecule has 0 atom stereocenters. The van der Waals surface area contributed by atoms with Gasteiger partial charge in [-0.3, -0.25) is 9.69 Å². The van der Waals surface area contributed by atoms with Gasteiger partial charge in [-0.2, -0.15) is 0 Å². The molecule has 5 nitrogen and oxygen atoms in total. The largest absolute Gasteiger partial charge is 0.496 e. The minimum atomic E-state index is -0.341. The van der Waals surface area contributed by atoms with Crippen LogP contribution in [0.4, 0.5) is 9.52 Å². The van der Waals surface area contributed by atoms with Gasteiger partial charge in [-0.15, -0.1) is 0 Å². The minimum Gasteiger partial charge on any atom is -0.496 e. The van der Waals surface area contributed by atoms with Gasteiger partial charge in [0.2, 0.25) is 0 Å². The van der Waals surface area contributed by atoms with Crippen LogP contribution in [0.25, 0.3) is 10.2 Å². The molecule has 27 heavy (non-hydrogen) atoms. The van der Waals surface area contributed by atoms with Gasteiger partial charge < -0.3 is 9.15 Å². The maximum atomic E-state index is 13.5. The summed E-state index contributed by atoms with van der Waals surface area (Å²) in [6, 6.07) is 14.9. The molecule has 0 saturated heterocycles. The van der Waals surface area contributed by atoms with Crippen LogP contribution in [0.15, 0.2) is 65.3 Å². The van der Waals surface area contributed by atoms with E-state index in [4.69, 9.17) is 9.15 Å². The molecule has 2 aromatic carbocycles. The number of fused-ring (bicyclic) bond motifs is 1. The van der Waals surface area contributed by atoms with E-state index in [0.717, 1.165) is 0 Å². The van der Waals surface area contributed by atoms with Crippen molar-refractivity contribution < 1.29 is 18.3 Å². The molecule has 0 spiro atoms. The Morgan fingerprint density at radius 2 is 2.07 bits per heavy atom. The van der Waals surface area contributed by atoms with Gasteiger partial charge in [0.05, 0.1) is 35.7 Å². The lowest BCUT2D eigenvalue weighted by molar-refractivity contribution is 0.0980. The molecule has 2 heterocycles. The topological polar surface area (TPSA) is 55.6 Å². The number of benzene rings is 2. The summed E-state index contributed by atoms with van der Waals surface area (Å²) in [5.74, 6) is 0.470. The molecule has 0 aliphatic rings. The fraction of sp³-hybridized carbons (Fsp3) is 0.100. The van der Waals surface area contributed by atoms with Crippen molar-refractivity contribution in [2.75, 3.05) is 12.0 Å². The van der Waals surface area contributed by atoms with Crippen LogP contribution in [-0.2, 0) is 6.54 Å². The molecule has 4 rings (SSSR count). The number of carbonyl (C=O) groups is 1. The number of rotatable bonds is 5. The van der Waals surface area contributed by atoms with Crippen molar-refractivity contribution in [2.24, 2.45) is 0 Å². The first kappa shape index (κ1) is 17.2. The first-order chi connectivity index (χ1) is 13.2. The van der Waals surface area contributed by atoms with Gasteiger partial charge in [-0.1, -0.05) is 23.5 Å². The van der Waals surface area contributed by atoms with Gasteiger partial charge >= 0.3 is 0 Å². The zero-order valence-electron chi connectivity index (χ0n) is 14.4. The number of halogens is 1. The number of thiazole rings is 1. The Morgan fingerprint density at radius 1 is 1.22 bits per heavy atom. The van der Waals surface area contributed by atoms with Crippen LogP contribution in [0.5, 0.6) is 5.75 Å². The molecule has 0 aliphatic heterocycles. The lowest BCUT2D eigenvalue weighted by Crippen LogP contribution is -2.30. The average Bonchev–Trinajstić information content (AvgIpc) is 3.34. The predicted octanol–water partition coefficient (Wildman–Crippen LogP) is 4.88. The molecule has 4 aromatic rings. The maximum Gasteiger partial charge on any atom is 0.264 e. The number of hydrogen-bond donors (Lipinski definition) is 0. The normalized spacial score (nSPS) is 10.9. The van der Waals surface area contributed by atoms with Crippen molar-refractivity contribution in [3.8, 4) is 5.75 Å². The van der Waals surface area contributed by atoms with Crippen molar-refractivity contribution in [3.05, 3.63) is 78.0 Å². The lowest BCUT2D eigenvalue weighted by atomic mass is 10.1. The lowest BCUT2D eigenvalue weighted by Gasteiger charge is -2.20. The van der Waals surface area contributed by atoms with Gasteiger partial charge in [0.1, 0.15) is 17.3 Å². The maximum absolute atomic E-state index is 13.5. The number of amides is 1. The molecule has 0 aliphatic carbocycles. The third-order valence-corrected chi connectivity index (χ3v) is 5.09. The standard InChI is InChI=1S/C20H15FN2O3S/c1-25-17-7-3-2-6-15(17)19(24)23(12-14-5-4-10-26-14)20-22-16-9-8-13(21)11-18(16)27-20/h2-11H,12H2,1H3. The smallest absolute Gasteiger partial charge is 0.264 e. The molecule has 2 aromatic heterocycles. The zero-order valence-corrected chi connectivity index (χ0v) is 15.2. The molecule has 1 amide bonds. The van der Waals surface area contributed by atoms with Crippen LogP contribution >= 0.6 is 11.3 Å². The van der Waals surface area contributed by atoms with E-state index < -0.39 is 0 Å². The predicted molar refractivity (Wildman–Crippen MR) is 102 cm³/mol. The van der Waals surface area contributed by atoms with Crippen LogP contribution in [-0.4, -0.2) is 18.0 Å². The average molecular weight is 382 g/mol. The molecule has 0 radical (unpaired) electrons. The SMILES string of the molecule is COc1ccccc1C(=O)N(Cc1ccco1)c1nc2ccc(F)cc2s1. The highest BCUT2D eigenvalue weighted by Crippen LogP contribution is 2.32. The Morgan fingerprint density at radius 3 is 2.85 bits per heavy atom. The summed E-state index contributed by atoms with van der Waals surface area (Å²) in [5, 5.41) is 0.461. The molecule has 0 N–H and O–H groups in total. The van der Waals surface area contributed by atoms with Gasteiger partial charge in [0.15, 0.2) is 5.13 Å². The van der Waals surface area contributed by atoms with Gasteiger partial charge in [-0.25, -0.2) is 9.37 Å². The second-order valence-electron chi connectivity index (χ2n) is 5.78. The Labute approximate surface area is 158 Å². The van der Waals surface area contributed by atoms with Crippen LogP contribution in [0.1, 0.15) is 16.1 Å². The number of para-hydroxylation sites is 1. The summed E-state index contributed by atoms with van der Waals surface area (Å²) in [5.41, 5.74) is 1.05. The summed E-state index contributed by atoms with van der Waals surface area (Å²) in [6.45, 7) is 0.201. The van der Waals surface area contributed by atoms with E-state index in [1.54, 1.807) is 48.7 Å². The zero-order chi connectivity index (χ0) is 18.8. The molecule has 136 valence electrons. The van der Waals surface area contributed by atoms with Crippen LogP contribution < -0.4 is 9.64 Å². The van der Waals surface area contributed by atoms with Crippen molar-refractivity contribution in [1.82, 2.24) is 4.98 Å². The third-order valence-electron chi connectivity index (χ3n) is 4.05. The number of carbonyl (C=O) groups excluding carboxylic acids is 1. The molecule has 0 fully saturated rings. The highest BCUT2D eigenvalue weighted by molar-refractivity contribution is 7.22. The monoisotopic (exact) mass is 382 g/mol. The summed E-state index contributed by atoms with van der Waals surface area (Å²) in [6.07, 6.45) is 1.55. The van der Waals surface area contributed by atoms with E-state index in [1.165, 1.54) is 35.5 Å². The number of nitrogens with zero attached hydrogens (tertiary/aromatic N) is 2. The number of hydrogen-bond acceptors (Lipinski definition) is 5. The quantitative estimate of drug-likeness (QED) is 0.493. The van der Waals surface area contributed by atoms with E-state index in [9.17, 15) is 9.18 Å². The number of ether oxygens (including phenoxy) is 1. The molecule has 0 saturated carbocycles. The molecular formula is C20H15FN2O3S. The first-order valence-electron chi connectivity index (χ1n) is 8.19. The highest BCUT2D eigenvalue weighted by Gasteiger charge is 2.25. The molecule has 7 heteroatoms. The van der Waals surface area contributed by atoms with E-state index in [2.05, 4.69) is 4.98 Å². The summed E-state index contributed by atoms with van der Waals surface area (Å²) in [4.78, 5) is 19.3. The number of methoxy groups -OCH3 is 1. The van der Waals surface area contributed by atoms with E-state index in [0.29, 0.717) is 32.4 Å². The Hall–Kier alpha value is -3.19. The highest BCUT2D eigenvalue weighted by atomic mass is 32.1. The van der Waals surface area contributed by atoms with Gasteiger partial charge in [0.25, 0.3) is 5.91 Å². The van der Waals surface area contributed by atoms with Crippen molar-refractivity contribution >= 4 is 32.6 Å². The van der Waals surface area contributed by atoms with Gasteiger partial charge in [-0.05, 0) is 42.5 Å². The Bertz CT molecular complexity index is 1090. The summed E-state index contributed by atoms with van der Waals surface area (Å²) < 4.78 is 24.9. The number of aromatic nitrogens is 1. The fourth-order valence-electron chi connectivity index (χ4n) is 2.75. The van der Waals surface area contributed by atoms with Crippen molar-refractivity contribution in [3.63, 3.8) is 0 Å². The Kier molecular flexibility index (Phi) is 4.60. The Balaban J connectivity index is 1.79. The summed E-state index contributed by atoms with van der Waals surface area (Å²) >= 11 is 1.25. The van der Waals surface area contributed by atoms with Crippen molar-refractivity contribution in [1.29, 1.82) is 0 Å². The van der Waals surface area contributed by atoms with E-state index in [1.807, 2.05) is 0 Å².